The van der Waals surface area contributed by atoms with E-state index in [0.717, 1.165) is 23.6 Å². The van der Waals surface area contributed by atoms with Gasteiger partial charge in [0.15, 0.2) is 0 Å². The topological polar surface area (TPSA) is 121 Å². The Labute approximate surface area is 223 Å². The van der Waals surface area contributed by atoms with Crippen molar-refractivity contribution in [2.75, 3.05) is 72.3 Å². The van der Waals surface area contributed by atoms with E-state index in [0.29, 0.717) is 43.6 Å². The standard InChI is InChI=1S/C16H24N2O4S.C6H6.C2H6O2S.C2H6O/c1-14-4-3-5-15(12-14)13-16(19)17-6-8-18(2,9-7-17)10-11-23(20,21)22;1-2-4-6-5-3-1;1-5(2,3)4;1-3-2/h3-5,12H,6-11,13H2,1-2H3;1-6H;1-2H3;1-2H3. The number of sulfone groups is 1. The lowest BCUT2D eigenvalue weighted by Crippen LogP contribution is -2.59. The first-order chi connectivity index (χ1) is 17.1. The van der Waals surface area contributed by atoms with Gasteiger partial charge in [0.05, 0.1) is 51.9 Å². The van der Waals surface area contributed by atoms with Gasteiger partial charge in [0.25, 0.3) is 0 Å². The van der Waals surface area contributed by atoms with E-state index in [9.17, 15) is 26.2 Å². The zero-order chi connectivity index (χ0) is 28.5. The molecule has 1 aliphatic rings. The Hall–Kier alpha value is -2.31. The molecule has 0 unspecified atom stereocenters. The SMILES string of the molecule is COC.CS(C)(=O)=O.Cc1cccc(CC(=O)N2CC[N+](C)(CCS(=O)(=O)[O-])CC2)c1.c1ccccc1. The van der Waals surface area contributed by atoms with E-state index in [-0.39, 0.29) is 11.7 Å². The number of methoxy groups -OCH3 is 1. The molecule has 1 fully saturated rings. The van der Waals surface area contributed by atoms with Gasteiger partial charge in [-0.25, -0.2) is 16.8 Å². The first-order valence-electron chi connectivity index (χ1n) is 11.7. The molecule has 9 nitrogen and oxygen atoms in total. The average Bonchev–Trinajstić information content (AvgIpc) is 2.79. The molecule has 2 aromatic carbocycles. The predicted octanol–water partition coefficient (Wildman–Crippen LogP) is 1.98. The zero-order valence-corrected chi connectivity index (χ0v) is 24.4. The number of quaternary nitrogens is 1. The molecule has 37 heavy (non-hydrogen) atoms. The maximum Gasteiger partial charge on any atom is 0.227 e. The van der Waals surface area contributed by atoms with Crippen LogP contribution in [0.25, 0.3) is 0 Å². The molecule has 2 aromatic rings. The van der Waals surface area contributed by atoms with Crippen LogP contribution < -0.4 is 0 Å². The minimum absolute atomic E-state index is 0.0956. The normalized spacial score (nSPS) is 14.5. The minimum Gasteiger partial charge on any atom is -0.748 e. The smallest absolute Gasteiger partial charge is 0.227 e. The van der Waals surface area contributed by atoms with E-state index in [1.807, 2.05) is 79.5 Å². The summed E-state index contributed by atoms with van der Waals surface area (Å²) in [6.45, 7) is 4.86. The summed E-state index contributed by atoms with van der Waals surface area (Å²) in [5, 5.41) is 0. The molecule has 210 valence electrons. The van der Waals surface area contributed by atoms with E-state index in [4.69, 9.17) is 0 Å². The van der Waals surface area contributed by atoms with Gasteiger partial charge in [0.2, 0.25) is 5.91 Å². The van der Waals surface area contributed by atoms with Gasteiger partial charge < -0.3 is 18.7 Å². The summed E-state index contributed by atoms with van der Waals surface area (Å²) in [7, 11) is -1.66. The van der Waals surface area contributed by atoms with Crippen LogP contribution in [0.5, 0.6) is 0 Å². The van der Waals surface area contributed by atoms with Gasteiger partial charge in [-0.2, -0.15) is 0 Å². The van der Waals surface area contributed by atoms with Crippen LogP contribution in [-0.2, 0) is 35.9 Å². The Morgan fingerprint density at radius 2 is 1.38 bits per heavy atom. The zero-order valence-electron chi connectivity index (χ0n) is 22.8. The lowest BCUT2D eigenvalue weighted by molar-refractivity contribution is -0.910. The molecule has 0 aliphatic carbocycles. The number of likely N-dealkylation sites (N-methyl/N-ethyl adjacent to an activating group) is 1. The van der Waals surface area contributed by atoms with E-state index >= 15 is 0 Å². The van der Waals surface area contributed by atoms with Crippen molar-refractivity contribution < 1.29 is 35.4 Å². The van der Waals surface area contributed by atoms with Gasteiger partial charge in [-0.05, 0) is 12.5 Å². The fourth-order valence-corrected chi connectivity index (χ4v) is 3.91. The average molecular weight is 559 g/mol. The molecule has 1 aliphatic heterocycles. The summed E-state index contributed by atoms with van der Waals surface area (Å²) in [4.78, 5) is 14.2. The Balaban J connectivity index is 0.000000753. The Kier molecular flexibility index (Phi) is 16.2. The highest BCUT2D eigenvalue weighted by molar-refractivity contribution is 7.89. The molecule has 1 heterocycles. The highest BCUT2D eigenvalue weighted by Gasteiger charge is 2.31. The fraction of sp³-hybridized carbons (Fsp3) is 0.500. The number of carbonyl (C=O) groups excluding carboxylic acids is 1. The van der Waals surface area contributed by atoms with Crippen molar-refractivity contribution >= 4 is 25.9 Å². The second-order valence-corrected chi connectivity index (χ2v) is 13.1. The molecule has 1 saturated heterocycles. The van der Waals surface area contributed by atoms with Crippen molar-refractivity contribution in [1.29, 1.82) is 0 Å². The van der Waals surface area contributed by atoms with Crippen LogP contribution in [0.3, 0.4) is 0 Å². The van der Waals surface area contributed by atoms with Gasteiger partial charge >= 0.3 is 0 Å². The van der Waals surface area contributed by atoms with Crippen LogP contribution >= 0.6 is 0 Å². The predicted molar refractivity (Wildman–Crippen MR) is 147 cm³/mol. The highest BCUT2D eigenvalue weighted by atomic mass is 32.2. The number of amides is 1. The number of aryl methyl sites for hydroxylation is 1. The third kappa shape index (κ3) is 20.4. The molecule has 0 N–H and O–H groups in total. The van der Waals surface area contributed by atoms with Crippen LogP contribution in [0.2, 0.25) is 0 Å². The number of ether oxygens (including phenoxy) is 1. The third-order valence-electron chi connectivity index (χ3n) is 5.16. The van der Waals surface area contributed by atoms with Crippen LogP contribution in [0.4, 0.5) is 0 Å². The van der Waals surface area contributed by atoms with Crippen LogP contribution in [-0.4, -0.2) is 109 Å². The molecular formula is C26H42N2O7S2. The van der Waals surface area contributed by atoms with Gasteiger partial charge in [0, 0.05) is 26.7 Å². The summed E-state index contributed by atoms with van der Waals surface area (Å²) >= 11 is 0. The number of nitrogens with zero attached hydrogens (tertiary/aromatic N) is 2. The van der Waals surface area contributed by atoms with Crippen LogP contribution in [0.15, 0.2) is 60.7 Å². The summed E-state index contributed by atoms with van der Waals surface area (Å²) in [6.07, 6.45) is 2.71. The number of hydrogen-bond donors (Lipinski definition) is 0. The summed E-state index contributed by atoms with van der Waals surface area (Å²) in [5.74, 6) is -0.251. The van der Waals surface area contributed by atoms with Gasteiger partial charge in [0.1, 0.15) is 20.0 Å². The largest absolute Gasteiger partial charge is 0.748 e. The number of hydrogen-bond acceptors (Lipinski definition) is 7. The quantitative estimate of drug-likeness (QED) is 0.406. The van der Waals surface area contributed by atoms with Gasteiger partial charge in [-0.15, -0.1) is 0 Å². The second kappa shape index (κ2) is 17.2. The maximum absolute atomic E-state index is 12.4. The van der Waals surface area contributed by atoms with Crippen molar-refractivity contribution in [3.63, 3.8) is 0 Å². The van der Waals surface area contributed by atoms with E-state index in [2.05, 4.69) is 4.74 Å². The van der Waals surface area contributed by atoms with Crippen LogP contribution in [0.1, 0.15) is 11.1 Å². The van der Waals surface area contributed by atoms with Crippen molar-refractivity contribution in [3.05, 3.63) is 71.8 Å². The Morgan fingerprint density at radius 1 is 0.946 bits per heavy atom. The molecular weight excluding hydrogens is 516 g/mol. The number of rotatable bonds is 5. The molecule has 0 saturated carbocycles. The van der Waals surface area contributed by atoms with Crippen LogP contribution in [0, 0.1) is 6.92 Å². The summed E-state index contributed by atoms with van der Waals surface area (Å²) in [6, 6.07) is 19.9. The van der Waals surface area contributed by atoms with E-state index in [1.165, 1.54) is 0 Å². The first-order valence-corrected chi connectivity index (χ1v) is 15.6. The Morgan fingerprint density at radius 3 is 1.76 bits per heavy atom. The molecule has 0 radical (unpaired) electrons. The molecule has 1 amide bonds. The van der Waals surface area contributed by atoms with E-state index in [1.54, 1.807) is 14.2 Å². The summed E-state index contributed by atoms with van der Waals surface area (Å²) in [5.41, 5.74) is 2.15. The molecule has 3 rings (SSSR count). The van der Waals surface area contributed by atoms with E-state index < -0.39 is 20.0 Å². The monoisotopic (exact) mass is 558 g/mol. The molecule has 0 atom stereocenters. The molecule has 11 heteroatoms. The summed E-state index contributed by atoms with van der Waals surface area (Å²) < 4.78 is 56.4. The number of carbonyl (C=O) groups is 1. The van der Waals surface area contributed by atoms with Gasteiger partial charge in [-0.3, -0.25) is 4.79 Å². The van der Waals surface area contributed by atoms with Crippen molar-refractivity contribution in [1.82, 2.24) is 4.90 Å². The highest BCUT2D eigenvalue weighted by Crippen LogP contribution is 2.13. The number of piperazine rings is 1. The molecule has 0 aromatic heterocycles. The lowest BCUT2D eigenvalue weighted by Gasteiger charge is -2.42. The third-order valence-corrected chi connectivity index (χ3v) is 5.84. The first kappa shape index (κ1) is 34.7. The van der Waals surface area contributed by atoms with Crippen molar-refractivity contribution in [3.8, 4) is 0 Å². The lowest BCUT2D eigenvalue weighted by atomic mass is 10.1. The maximum atomic E-state index is 12.4. The minimum atomic E-state index is -4.18. The fourth-order valence-electron chi connectivity index (χ4n) is 3.25. The Bertz CT molecular complexity index is 1080. The molecule has 0 spiro atoms. The second-order valence-electron chi connectivity index (χ2n) is 9.30. The van der Waals surface area contributed by atoms with Gasteiger partial charge in [-0.1, -0.05) is 66.2 Å². The van der Waals surface area contributed by atoms with Crippen molar-refractivity contribution in [2.24, 2.45) is 0 Å². The molecule has 0 bridgehead atoms. The van der Waals surface area contributed by atoms with Crippen molar-refractivity contribution in [2.45, 2.75) is 13.3 Å². The number of benzene rings is 2.